The van der Waals surface area contributed by atoms with Crippen molar-refractivity contribution in [3.63, 3.8) is 0 Å². The number of hydrogen-bond donors (Lipinski definition) is 0. The predicted octanol–water partition coefficient (Wildman–Crippen LogP) is 4.38. The van der Waals surface area contributed by atoms with Crippen LogP contribution in [0.25, 0.3) is 0 Å². The first-order valence-corrected chi connectivity index (χ1v) is 10.1. The van der Waals surface area contributed by atoms with E-state index in [1.165, 1.54) is 30.4 Å². The monoisotopic (exact) mass is 404 g/mol. The maximum absolute atomic E-state index is 14.0. The van der Waals surface area contributed by atoms with Gasteiger partial charge in [-0.25, -0.2) is 4.39 Å². The van der Waals surface area contributed by atoms with Crippen molar-refractivity contribution in [3.05, 3.63) is 101 Å². The standard InChI is InChI=1S/C25H25FN2O2/c1-30-23-13-12-21(18-22(23)26)25(29)28-16-14-27(15-17-28)24(19-8-4-2-5-9-19)20-10-6-3-7-11-20/h2-13,18,24H,14-17H2,1H3. The molecule has 0 N–H and O–H groups in total. The van der Waals surface area contributed by atoms with Gasteiger partial charge >= 0.3 is 0 Å². The van der Waals surface area contributed by atoms with Gasteiger partial charge in [0.25, 0.3) is 5.91 Å². The molecule has 5 heteroatoms. The zero-order valence-corrected chi connectivity index (χ0v) is 17.0. The number of benzene rings is 3. The van der Waals surface area contributed by atoms with E-state index in [1.807, 2.05) is 12.1 Å². The normalized spacial score (nSPS) is 14.7. The van der Waals surface area contributed by atoms with Gasteiger partial charge in [0.2, 0.25) is 0 Å². The smallest absolute Gasteiger partial charge is 0.254 e. The van der Waals surface area contributed by atoms with E-state index in [-0.39, 0.29) is 17.7 Å². The molecule has 30 heavy (non-hydrogen) atoms. The molecule has 0 spiro atoms. The average molecular weight is 404 g/mol. The van der Waals surface area contributed by atoms with Crippen LogP contribution in [0.1, 0.15) is 27.5 Å². The largest absolute Gasteiger partial charge is 0.494 e. The van der Waals surface area contributed by atoms with Gasteiger partial charge in [0, 0.05) is 31.7 Å². The molecule has 0 saturated carbocycles. The van der Waals surface area contributed by atoms with Crippen LogP contribution in [0, 0.1) is 5.82 Å². The predicted molar refractivity (Wildman–Crippen MR) is 115 cm³/mol. The summed E-state index contributed by atoms with van der Waals surface area (Å²) in [7, 11) is 1.41. The van der Waals surface area contributed by atoms with E-state index < -0.39 is 5.82 Å². The Hall–Kier alpha value is -3.18. The van der Waals surface area contributed by atoms with Gasteiger partial charge in [-0.2, -0.15) is 0 Å². The molecule has 154 valence electrons. The molecule has 1 aliphatic rings. The van der Waals surface area contributed by atoms with Crippen molar-refractivity contribution in [2.24, 2.45) is 0 Å². The SMILES string of the molecule is COc1ccc(C(=O)N2CCN(C(c3ccccc3)c3ccccc3)CC2)cc1F. The van der Waals surface area contributed by atoms with Crippen molar-refractivity contribution >= 4 is 5.91 Å². The summed E-state index contributed by atoms with van der Waals surface area (Å²) in [5, 5.41) is 0. The third-order valence-electron chi connectivity index (χ3n) is 5.60. The molecule has 0 aromatic heterocycles. The van der Waals surface area contributed by atoms with Crippen molar-refractivity contribution < 1.29 is 13.9 Å². The van der Waals surface area contributed by atoms with Gasteiger partial charge in [-0.3, -0.25) is 9.69 Å². The first kappa shape index (κ1) is 20.1. The van der Waals surface area contributed by atoms with Crippen LogP contribution in [0.5, 0.6) is 5.75 Å². The van der Waals surface area contributed by atoms with Crippen molar-refractivity contribution in [1.82, 2.24) is 9.80 Å². The van der Waals surface area contributed by atoms with Crippen molar-refractivity contribution in [2.75, 3.05) is 33.3 Å². The Bertz CT molecular complexity index is 947. The summed E-state index contributed by atoms with van der Waals surface area (Å²) in [5.74, 6) is -0.521. The first-order valence-electron chi connectivity index (χ1n) is 10.1. The zero-order chi connectivity index (χ0) is 20.9. The van der Waals surface area contributed by atoms with Crippen LogP contribution in [0.3, 0.4) is 0 Å². The van der Waals surface area contributed by atoms with E-state index in [2.05, 4.69) is 53.4 Å². The molecule has 4 nitrogen and oxygen atoms in total. The Morgan fingerprint density at radius 2 is 1.43 bits per heavy atom. The summed E-state index contributed by atoms with van der Waals surface area (Å²) in [6, 6.07) is 25.4. The zero-order valence-electron chi connectivity index (χ0n) is 17.0. The number of carbonyl (C=O) groups is 1. The summed E-state index contributed by atoms with van der Waals surface area (Å²) < 4.78 is 19.0. The molecular formula is C25H25FN2O2. The van der Waals surface area contributed by atoms with Gasteiger partial charge in [-0.05, 0) is 29.3 Å². The highest BCUT2D eigenvalue weighted by Gasteiger charge is 2.28. The Morgan fingerprint density at radius 1 is 0.867 bits per heavy atom. The lowest BCUT2D eigenvalue weighted by molar-refractivity contribution is 0.0597. The molecule has 1 saturated heterocycles. The van der Waals surface area contributed by atoms with Gasteiger partial charge in [0.1, 0.15) is 0 Å². The van der Waals surface area contributed by atoms with Crippen LogP contribution in [0.15, 0.2) is 78.9 Å². The average Bonchev–Trinajstić information content (AvgIpc) is 2.81. The van der Waals surface area contributed by atoms with Crippen molar-refractivity contribution in [3.8, 4) is 5.75 Å². The van der Waals surface area contributed by atoms with E-state index in [0.717, 1.165) is 13.1 Å². The molecule has 0 atom stereocenters. The Balaban J connectivity index is 1.49. The van der Waals surface area contributed by atoms with Crippen LogP contribution in [0.4, 0.5) is 4.39 Å². The molecule has 1 aliphatic heterocycles. The third kappa shape index (κ3) is 4.21. The molecule has 0 radical (unpaired) electrons. The lowest BCUT2D eigenvalue weighted by Crippen LogP contribution is -2.49. The Kier molecular flexibility index (Phi) is 6.10. The minimum absolute atomic E-state index is 0.142. The number of rotatable bonds is 5. The Labute approximate surface area is 176 Å². The molecular weight excluding hydrogens is 379 g/mol. The summed E-state index contributed by atoms with van der Waals surface area (Å²) in [6.45, 7) is 2.70. The van der Waals surface area contributed by atoms with Crippen molar-refractivity contribution in [2.45, 2.75) is 6.04 Å². The molecule has 1 heterocycles. The second kappa shape index (κ2) is 9.09. The molecule has 3 aromatic rings. The van der Waals surface area contributed by atoms with Gasteiger partial charge < -0.3 is 9.64 Å². The van der Waals surface area contributed by atoms with Crippen LogP contribution in [0.2, 0.25) is 0 Å². The second-order valence-electron chi connectivity index (χ2n) is 7.40. The summed E-state index contributed by atoms with van der Waals surface area (Å²) in [6.07, 6.45) is 0. The molecule has 0 bridgehead atoms. The number of halogens is 1. The van der Waals surface area contributed by atoms with E-state index in [4.69, 9.17) is 4.74 Å². The highest BCUT2D eigenvalue weighted by atomic mass is 19.1. The van der Waals surface area contributed by atoms with E-state index in [0.29, 0.717) is 18.7 Å². The number of methoxy groups -OCH3 is 1. The maximum Gasteiger partial charge on any atom is 0.254 e. The van der Waals surface area contributed by atoms with Gasteiger partial charge in [-0.15, -0.1) is 0 Å². The number of ether oxygens (including phenoxy) is 1. The molecule has 3 aromatic carbocycles. The number of piperazine rings is 1. The summed E-state index contributed by atoms with van der Waals surface area (Å²) in [4.78, 5) is 17.1. The molecule has 1 fully saturated rings. The highest BCUT2D eigenvalue weighted by molar-refractivity contribution is 5.94. The quantitative estimate of drug-likeness (QED) is 0.633. The molecule has 1 amide bonds. The lowest BCUT2D eigenvalue weighted by Gasteiger charge is -2.39. The molecule has 0 unspecified atom stereocenters. The second-order valence-corrected chi connectivity index (χ2v) is 7.40. The van der Waals surface area contributed by atoms with E-state index in [9.17, 15) is 9.18 Å². The van der Waals surface area contributed by atoms with Crippen molar-refractivity contribution in [1.29, 1.82) is 0 Å². The number of nitrogens with zero attached hydrogens (tertiary/aromatic N) is 2. The van der Waals surface area contributed by atoms with Crippen LogP contribution in [-0.2, 0) is 0 Å². The van der Waals surface area contributed by atoms with Crippen LogP contribution in [-0.4, -0.2) is 49.0 Å². The van der Waals surface area contributed by atoms with Gasteiger partial charge in [0.15, 0.2) is 11.6 Å². The summed E-state index contributed by atoms with van der Waals surface area (Å²) in [5.41, 5.74) is 2.82. The maximum atomic E-state index is 14.0. The molecule has 4 rings (SSSR count). The minimum atomic E-state index is -0.518. The minimum Gasteiger partial charge on any atom is -0.494 e. The van der Waals surface area contributed by atoms with E-state index >= 15 is 0 Å². The fourth-order valence-electron chi connectivity index (χ4n) is 4.05. The molecule has 0 aliphatic carbocycles. The number of amides is 1. The van der Waals surface area contributed by atoms with Gasteiger partial charge in [-0.1, -0.05) is 60.7 Å². The first-order chi connectivity index (χ1) is 14.7. The topological polar surface area (TPSA) is 32.8 Å². The highest BCUT2D eigenvalue weighted by Crippen LogP contribution is 2.29. The summed E-state index contributed by atoms with van der Waals surface area (Å²) >= 11 is 0. The van der Waals surface area contributed by atoms with Crippen LogP contribution >= 0.6 is 0 Å². The lowest BCUT2D eigenvalue weighted by atomic mass is 9.96. The third-order valence-corrected chi connectivity index (χ3v) is 5.60. The number of carbonyl (C=O) groups excluding carboxylic acids is 1. The van der Waals surface area contributed by atoms with E-state index in [1.54, 1.807) is 11.0 Å². The fourth-order valence-corrected chi connectivity index (χ4v) is 4.05. The number of hydrogen-bond acceptors (Lipinski definition) is 3. The fraction of sp³-hybridized carbons (Fsp3) is 0.240. The Morgan fingerprint density at radius 3 is 1.93 bits per heavy atom. The van der Waals surface area contributed by atoms with Gasteiger partial charge in [0.05, 0.1) is 13.2 Å². The van der Waals surface area contributed by atoms with Crippen LogP contribution < -0.4 is 4.74 Å².